The molecular weight excluding hydrogens is 306 g/mol. The number of nitrogens with one attached hydrogen (secondary N) is 1. The molecule has 0 spiro atoms. The highest BCUT2D eigenvalue weighted by Gasteiger charge is 2.35. The van der Waals surface area contributed by atoms with Gasteiger partial charge in [0, 0.05) is 12.6 Å². The number of hydrogen-bond acceptors (Lipinski definition) is 5. The van der Waals surface area contributed by atoms with Gasteiger partial charge in [-0.05, 0) is 35.5 Å². The standard InChI is InChI=1S/C14H13N3O4S/c1-8(18)16-10-4-2-9(3-5-10)6-11-13(20)17(7-12(15)19)14(21)22-11/h2-6H,7H2,1H3,(H2,15,19)(H,16,18)/b11-6-. The van der Waals surface area contributed by atoms with Crippen LogP contribution in [0.1, 0.15) is 12.5 Å². The van der Waals surface area contributed by atoms with E-state index in [4.69, 9.17) is 5.73 Å². The van der Waals surface area contributed by atoms with Gasteiger partial charge in [-0.2, -0.15) is 0 Å². The van der Waals surface area contributed by atoms with Crippen LogP contribution >= 0.6 is 11.8 Å². The molecule has 0 unspecified atom stereocenters. The van der Waals surface area contributed by atoms with E-state index in [1.807, 2.05) is 0 Å². The summed E-state index contributed by atoms with van der Waals surface area (Å²) in [4.78, 5) is 46.5. The highest BCUT2D eigenvalue weighted by Crippen LogP contribution is 2.32. The van der Waals surface area contributed by atoms with Gasteiger partial charge in [0.25, 0.3) is 11.1 Å². The Balaban J connectivity index is 2.16. The van der Waals surface area contributed by atoms with Gasteiger partial charge in [0.15, 0.2) is 0 Å². The van der Waals surface area contributed by atoms with Crippen LogP contribution in [0.5, 0.6) is 0 Å². The fourth-order valence-electron chi connectivity index (χ4n) is 1.81. The van der Waals surface area contributed by atoms with Gasteiger partial charge in [-0.1, -0.05) is 12.1 Å². The molecule has 0 aliphatic carbocycles. The zero-order valence-corrected chi connectivity index (χ0v) is 12.5. The Kier molecular flexibility index (Phi) is 4.62. The molecule has 22 heavy (non-hydrogen) atoms. The summed E-state index contributed by atoms with van der Waals surface area (Å²) < 4.78 is 0. The highest BCUT2D eigenvalue weighted by molar-refractivity contribution is 8.18. The molecule has 1 heterocycles. The Bertz CT molecular complexity index is 682. The quantitative estimate of drug-likeness (QED) is 0.809. The second-order valence-electron chi connectivity index (χ2n) is 4.54. The number of imide groups is 1. The average molecular weight is 319 g/mol. The molecule has 0 saturated carbocycles. The average Bonchev–Trinajstić information content (AvgIpc) is 2.68. The van der Waals surface area contributed by atoms with Crippen molar-refractivity contribution in [1.29, 1.82) is 0 Å². The molecule has 1 saturated heterocycles. The predicted molar refractivity (Wildman–Crippen MR) is 82.6 cm³/mol. The number of amides is 4. The zero-order valence-electron chi connectivity index (χ0n) is 11.7. The van der Waals surface area contributed by atoms with Crippen molar-refractivity contribution >= 4 is 46.5 Å². The second-order valence-corrected chi connectivity index (χ2v) is 5.53. The fraction of sp³-hybridized carbons (Fsp3) is 0.143. The van der Waals surface area contributed by atoms with Gasteiger partial charge in [0.2, 0.25) is 11.8 Å². The van der Waals surface area contributed by atoms with Crippen molar-refractivity contribution in [2.75, 3.05) is 11.9 Å². The Morgan fingerprint density at radius 2 is 1.91 bits per heavy atom. The van der Waals surface area contributed by atoms with Crippen molar-refractivity contribution in [2.24, 2.45) is 5.73 Å². The number of carbonyl (C=O) groups excluding carboxylic acids is 4. The van der Waals surface area contributed by atoms with E-state index >= 15 is 0 Å². The zero-order chi connectivity index (χ0) is 16.3. The topological polar surface area (TPSA) is 110 Å². The number of benzene rings is 1. The molecule has 0 atom stereocenters. The Hall–Kier alpha value is -2.61. The fourth-order valence-corrected chi connectivity index (χ4v) is 2.65. The molecule has 1 fully saturated rings. The minimum Gasteiger partial charge on any atom is -0.368 e. The molecule has 0 bridgehead atoms. The lowest BCUT2D eigenvalue weighted by Gasteiger charge is -2.08. The maximum Gasteiger partial charge on any atom is 0.294 e. The monoisotopic (exact) mass is 319 g/mol. The molecule has 0 aromatic heterocycles. The van der Waals surface area contributed by atoms with Crippen molar-refractivity contribution in [2.45, 2.75) is 6.92 Å². The number of rotatable bonds is 4. The first-order valence-electron chi connectivity index (χ1n) is 6.28. The number of hydrogen-bond donors (Lipinski definition) is 2. The Morgan fingerprint density at radius 1 is 1.27 bits per heavy atom. The van der Waals surface area contributed by atoms with Crippen molar-refractivity contribution in [3.63, 3.8) is 0 Å². The van der Waals surface area contributed by atoms with Gasteiger partial charge >= 0.3 is 0 Å². The number of thioether (sulfide) groups is 1. The third-order valence-corrected chi connectivity index (χ3v) is 3.62. The molecule has 1 aromatic carbocycles. The van der Waals surface area contributed by atoms with Crippen LogP contribution in [0, 0.1) is 0 Å². The summed E-state index contributed by atoms with van der Waals surface area (Å²) >= 11 is 0.754. The maximum atomic E-state index is 12.0. The largest absolute Gasteiger partial charge is 0.368 e. The summed E-state index contributed by atoms with van der Waals surface area (Å²) in [5.74, 6) is -1.47. The molecule has 3 N–H and O–H groups in total. The summed E-state index contributed by atoms with van der Waals surface area (Å²) in [5, 5.41) is 2.10. The van der Waals surface area contributed by atoms with Crippen molar-refractivity contribution in [3.05, 3.63) is 34.7 Å². The van der Waals surface area contributed by atoms with Gasteiger partial charge < -0.3 is 11.1 Å². The Morgan fingerprint density at radius 3 is 2.45 bits per heavy atom. The van der Waals surface area contributed by atoms with Gasteiger partial charge in [0.05, 0.1) is 4.91 Å². The normalized spacial score (nSPS) is 16.2. The van der Waals surface area contributed by atoms with Crippen LogP contribution in [0.4, 0.5) is 10.5 Å². The van der Waals surface area contributed by atoms with Gasteiger partial charge in [-0.15, -0.1) is 0 Å². The molecule has 1 aromatic rings. The van der Waals surface area contributed by atoms with Crippen molar-refractivity contribution < 1.29 is 19.2 Å². The number of nitrogens with two attached hydrogens (primary N) is 1. The summed E-state index contributed by atoms with van der Waals surface area (Å²) in [6, 6.07) is 6.77. The van der Waals surface area contributed by atoms with Crippen LogP contribution in [0.25, 0.3) is 6.08 Å². The van der Waals surface area contributed by atoms with Crippen LogP contribution < -0.4 is 11.1 Å². The summed E-state index contributed by atoms with van der Waals surface area (Å²) in [5.41, 5.74) is 6.33. The van der Waals surface area contributed by atoms with E-state index in [9.17, 15) is 19.2 Å². The smallest absolute Gasteiger partial charge is 0.294 e. The van der Waals surface area contributed by atoms with E-state index in [1.165, 1.54) is 6.92 Å². The summed E-state index contributed by atoms with van der Waals surface area (Å²) in [6.45, 7) is 0.978. The van der Waals surface area contributed by atoms with Crippen molar-refractivity contribution in [1.82, 2.24) is 4.90 Å². The van der Waals surface area contributed by atoms with E-state index in [0.29, 0.717) is 11.3 Å². The van der Waals surface area contributed by atoms with E-state index < -0.39 is 23.6 Å². The van der Waals surface area contributed by atoms with Crippen LogP contribution in [-0.4, -0.2) is 34.4 Å². The first kappa shape index (κ1) is 15.8. The van der Waals surface area contributed by atoms with Gasteiger partial charge in [-0.3, -0.25) is 24.1 Å². The van der Waals surface area contributed by atoms with Crippen molar-refractivity contribution in [3.8, 4) is 0 Å². The second kappa shape index (κ2) is 6.44. The Labute approximate surface area is 130 Å². The lowest BCUT2D eigenvalue weighted by Crippen LogP contribution is -2.36. The van der Waals surface area contributed by atoms with Crippen LogP contribution in [-0.2, 0) is 14.4 Å². The minimum atomic E-state index is -0.747. The lowest BCUT2D eigenvalue weighted by molar-refractivity contribution is -0.127. The molecule has 1 aliphatic rings. The summed E-state index contributed by atoms with van der Waals surface area (Å²) in [6.07, 6.45) is 1.55. The van der Waals surface area contributed by atoms with Gasteiger partial charge in [0.1, 0.15) is 6.54 Å². The predicted octanol–water partition coefficient (Wildman–Crippen LogP) is 1.17. The van der Waals surface area contributed by atoms with E-state index in [-0.39, 0.29) is 10.8 Å². The van der Waals surface area contributed by atoms with E-state index in [0.717, 1.165) is 16.7 Å². The van der Waals surface area contributed by atoms with Crippen LogP contribution in [0.15, 0.2) is 29.2 Å². The molecule has 2 rings (SSSR count). The summed E-state index contributed by atoms with van der Waals surface area (Å²) in [7, 11) is 0. The number of anilines is 1. The molecule has 4 amide bonds. The molecule has 7 nitrogen and oxygen atoms in total. The highest BCUT2D eigenvalue weighted by atomic mass is 32.2. The molecular formula is C14H13N3O4S. The SMILES string of the molecule is CC(=O)Nc1ccc(/C=C2\SC(=O)N(CC(N)=O)C2=O)cc1. The lowest BCUT2D eigenvalue weighted by atomic mass is 10.2. The number of primary amides is 1. The van der Waals surface area contributed by atoms with Crippen LogP contribution in [0.3, 0.4) is 0 Å². The number of carbonyl (C=O) groups is 4. The molecule has 0 radical (unpaired) electrons. The molecule has 8 heteroatoms. The van der Waals surface area contributed by atoms with E-state index in [2.05, 4.69) is 5.32 Å². The molecule has 114 valence electrons. The van der Waals surface area contributed by atoms with Gasteiger partial charge in [-0.25, -0.2) is 0 Å². The molecule has 1 aliphatic heterocycles. The first-order chi connectivity index (χ1) is 10.4. The first-order valence-corrected chi connectivity index (χ1v) is 7.10. The maximum absolute atomic E-state index is 12.0. The third-order valence-electron chi connectivity index (χ3n) is 2.72. The van der Waals surface area contributed by atoms with Crippen LogP contribution in [0.2, 0.25) is 0 Å². The minimum absolute atomic E-state index is 0.180. The van der Waals surface area contributed by atoms with E-state index in [1.54, 1.807) is 30.3 Å². The number of nitrogens with zero attached hydrogens (tertiary/aromatic N) is 1. The third kappa shape index (κ3) is 3.73.